The lowest BCUT2D eigenvalue weighted by atomic mass is 10.2. The Morgan fingerprint density at radius 1 is 1.50 bits per heavy atom. The van der Waals surface area contributed by atoms with Crippen LogP contribution in [0.3, 0.4) is 0 Å². The van der Waals surface area contributed by atoms with Gasteiger partial charge in [0.25, 0.3) is 0 Å². The Labute approximate surface area is 137 Å². The summed E-state index contributed by atoms with van der Waals surface area (Å²) in [5.41, 5.74) is 1.65. The minimum atomic E-state index is -0.160. The second-order valence-corrected chi connectivity index (χ2v) is 6.65. The van der Waals surface area contributed by atoms with Gasteiger partial charge in [0.1, 0.15) is 0 Å². The first-order valence-corrected chi connectivity index (χ1v) is 8.30. The van der Waals surface area contributed by atoms with Crippen molar-refractivity contribution in [2.24, 2.45) is 0 Å². The molecule has 0 aliphatic heterocycles. The zero-order valence-corrected chi connectivity index (χ0v) is 13.6. The van der Waals surface area contributed by atoms with Gasteiger partial charge in [-0.2, -0.15) is 0 Å². The van der Waals surface area contributed by atoms with Crippen molar-refractivity contribution in [3.8, 4) is 0 Å². The average molecular weight is 338 g/mol. The van der Waals surface area contributed by atoms with E-state index in [0.717, 1.165) is 24.2 Å². The van der Waals surface area contributed by atoms with Gasteiger partial charge in [0, 0.05) is 5.92 Å². The Balaban J connectivity index is 1.58. The molecule has 3 N–H and O–H groups in total. The molecule has 1 fully saturated rings. The van der Waals surface area contributed by atoms with E-state index >= 15 is 0 Å². The van der Waals surface area contributed by atoms with Crippen LogP contribution >= 0.6 is 23.4 Å². The van der Waals surface area contributed by atoms with Crippen LogP contribution < -0.4 is 11.2 Å². The Bertz CT molecular complexity index is 713. The number of nitrogens with one attached hydrogen (secondary N) is 1. The fourth-order valence-electron chi connectivity index (χ4n) is 2.04. The molecule has 1 aromatic heterocycles. The summed E-state index contributed by atoms with van der Waals surface area (Å²) >= 11 is 7.35. The molecule has 0 spiro atoms. The standard InChI is InChI=1S/C14H16ClN5OS/c1-8-2-5-11(10(15)6-8)17-12(21)7-22-14-19-18-13(20(14)16)9-3-4-9/h2,5-6,9H,3-4,7,16H2,1H3,(H,17,21). The van der Waals surface area contributed by atoms with Gasteiger partial charge in [-0.3, -0.25) is 4.79 Å². The maximum absolute atomic E-state index is 12.0. The highest BCUT2D eigenvalue weighted by molar-refractivity contribution is 7.99. The van der Waals surface area contributed by atoms with Crippen molar-refractivity contribution < 1.29 is 4.79 Å². The number of aryl methyl sites for hydroxylation is 1. The Kier molecular flexibility index (Phi) is 4.26. The van der Waals surface area contributed by atoms with Crippen LogP contribution in [0.15, 0.2) is 23.4 Å². The van der Waals surface area contributed by atoms with Gasteiger partial charge < -0.3 is 11.2 Å². The Hall–Kier alpha value is -1.73. The number of thioether (sulfide) groups is 1. The molecule has 1 saturated carbocycles. The molecule has 0 saturated heterocycles. The predicted molar refractivity (Wildman–Crippen MR) is 87.7 cm³/mol. The Morgan fingerprint density at radius 2 is 2.27 bits per heavy atom. The molecule has 0 radical (unpaired) electrons. The van der Waals surface area contributed by atoms with E-state index in [1.165, 1.54) is 16.4 Å². The number of anilines is 1. The van der Waals surface area contributed by atoms with Crippen molar-refractivity contribution in [1.29, 1.82) is 0 Å². The molecule has 8 heteroatoms. The van der Waals surface area contributed by atoms with Crippen LogP contribution in [0.1, 0.15) is 30.1 Å². The quantitative estimate of drug-likeness (QED) is 0.647. The fraction of sp³-hybridized carbons (Fsp3) is 0.357. The number of rotatable bonds is 5. The van der Waals surface area contributed by atoms with E-state index in [2.05, 4.69) is 15.5 Å². The van der Waals surface area contributed by atoms with Gasteiger partial charge in [0.15, 0.2) is 5.82 Å². The van der Waals surface area contributed by atoms with Crippen LogP contribution in [0, 0.1) is 6.92 Å². The summed E-state index contributed by atoms with van der Waals surface area (Å²) < 4.78 is 1.48. The lowest BCUT2D eigenvalue weighted by molar-refractivity contribution is -0.113. The molecule has 2 aromatic rings. The van der Waals surface area contributed by atoms with Gasteiger partial charge in [0.05, 0.1) is 16.5 Å². The summed E-state index contributed by atoms with van der Waals surface area (Å²) in [7, 11) is 0. The lowest BCUT2D eigenvalue weighted by Crippen LogP contribution is -2.17. The number of nitrogens with two attached hydrogens (primary N) is 1. The number of carbonyl (C=O) groups is 1. The number of aromatic nitrogens is 3. The highest BCUT2D eigenvalue weighted by Crippen LogP contribution is 2.39. The number of nitrogen functional groups attached to an aromatic ring is 1. The van der Waals surface area contributed by atoms with Gasteiger partial charge in [-0.1, -0.05) is 29.4 Å². The molecule has 1 amide bonds. The Morgan fingerprint density at radius 3 is 2.95 bits per heavy atom. The van der Waals surface area contributed by atoms with Crippen LogP contribution in [0.25, 0.3) is 0 Å². The second kappa shape index (κ2) is 6.18. The van der Waals surface area contributed by atoms with Crippen LogP contribution in [0.2, 0.25) is 5.02 Å². The third kappa shape index (κ3) is 3.36. The monoisotopic (exact) mass is 337 g/mol. The van der Waals surface area contributed by atoms with E-state index in [9.17, 15) is 4.79 Å². The average Bonchev–Trinajstić information content (AvgIpc) is 3.24. The van der Waals surface area contributed by atoms with Crippen molar-refractivity contribution in [2.45, 2.75) is 30.8 Å². The number of carbonyl (C=O) groups excluding carboxylic acids is 1. The van der Waals surface area contributed by atoms with Crippen LogP contribution in [0.4, 0.5) is 5.69 Å². The number of amides is 1. The van der Waals surface area contributed by atoms with Crippen LogP contribution in [0.5, 0.6) is 0 Å². The van der Waals surface area contributed by atoms with Gasteiger partial charge in [-0.05, 0) is 37.5 Å². The normalized spacial score (nSPS) is 14.1. The summed E-state index contributed by atoms with van der Waals surface area (Å²) in [5.74, 6) is 7.20. The molecule has 3 rings (SSSR count). The highest BCUT2D eigenvalue weighted by atomic mass is 35.5. The number of halogens is 1. The van der Waals surface area contributed by atoms with Gasteiger partial charge in [-0.15, -0.1) is 10.2 Å². The zero-order valence-electron chi connectivity index (χ0n) is 12.0. The highest BCUT2D eigenvalue weighted by Gasteiger charge is 2.30. The number of hydrogen-bond donors (Lipinski definition) is 2. The molecule has 1 aliphatic carbocycles. The molecule has 1 heterocycles. The topological polar surface area (TPSA) is 85.8 Å². The summed E-state index contributed by atoms with van der Waals surface area (Å²) in [4.78, 5) is 12.0. The minimum Gasteiger partial charge on any atom is -0.336 e. The first-order chi connectivity index (χ1) is 10.5. The van der Waals surface area contributed by atoms with Gasteiger partial charge in [-0.25, -0.2) is 4.68 Å². The molecule has 6 nitrogen and oxygen atoms in total. The van der Waals surface area contributed by atoms with Crippen molar-refractivity contribution in [3.05, 3.63) is 34.6 Å². The molecule has 1 aromatic carbocycles. The first kappa shape index (κ1) is 15.2. The van der Waals surface area contributed by atoms with E-state index in [4.69, 9.17) is 17.4 Å². The molecule has 0 atom stereocenters. The molecule has 116 valence electrons. The van der Waals surface area contributed by atoms with Crippen molar-refractivity contribution >= 4 is 35.0 Å². The lowest BCUT2D eigenvalue weighted by Gasteiger charge is -2.07. The molecular weight excluding hydrogens is 322 g/mol. The van der Waals surface area contributed by atoms with Crippen molar-refractivity contribution in [2.75, 3.05) is 16.9 Å². The zero-order chi connectivity index (χ0) is 15.7. The molecule has 22 heavy (non-hydrogen) atoms. The third-order valence-corrected chi connectivity index (χ3v) is 4.62. The minimum absolute atomic E-state index is 0.160. The smallest absolute Gasteiger partial charge is 0.234 e. The predicted octanol–water partition coefficient (Wildman–Crippen LogP) is 2.56. The van der Waals surface area contributed by atoms with Gasteiger partial charge in [0.2, 0.25) is 11.1 Å². The number of nitrogens with zero attached hydrogens (tertiary/aromatic N) is 3. The number of benzene rings is 1. The van der Waals surface area contributed by atoms with E-state index < -0.39 is 0 Å². The maximum Gasteiger partial charge on any atom is 0.234 e. The van der Waals surface area contributed by atoms with E-state index in [-0.39, 0.29) is 11.7 Å². The second-order valence-electron chi connectivity index (χ2n) is 5.31. The number of hydrogen-bond acceptors (Lipinski definition) is 5. The fourth-order valence-corrected chi connectivity index (χ4v) is 2.99. The van der Waals surface area contributed by atoms with E-state index in [0.29, 0.717) is 21.8 Å². The van der Waals surface area contributed by atoms with Crippen LogP contribution in [-0.4, -0.2) is 26.5 Å². The molecule has 0 unspecified atom stereocenters. The maximum atomic E-state index is 12.0. The van der Waals surface area contributed by atoms with Gasteiger partial charge >= 0.3 is 0 Å². The summed E-state index contributed by atoms with van der Waals surface area (Å²) in [6, 6.07) is 5.49. The van der Waals surface area contributed by atoms with Crippen LogP contribution in [-0.2, 0) is 4.79 Å². The summed E-state index contributed by atoms with van der Waals surface area (Å²) in [6.07, 6.45) is 2.21. The summed E-state index contributed by atoms with van der Waals surface area (Å²) in [6.45, 7) is 1.94. The third-order valence-electron chi connectivity index (χ3n) is 3.36. The summed E-state index contributed by atoms with van der Waals surface area (Å²) in [5, 5.41) is 12.0. The van der Waals surface area contributed by atoms with Crippen molar-refractivity contribution in [1.82, 2.24) is 14.9 Å². The molecule has 0 bridgehead atoms. The molecule has 1 aliphatic rings. The SMILES string of the molecule is Cc1ccc(NC(=O)CSc2nnc(C3CC3)n2N)c(Cl)c1. The van der Waals surface area contributed by atoms with Crippen molar-refractivity contribution in [3.63, 3.8) is 0 Å². The molecular formula is C14H16ClN5OS. The first-order valence-electron chi connectivity index (χ1n) is 6.94. The van der Waals surface area contributed by atoms with E-state index in [1.54, 1.807) is 6.07 Å². The largest absolute Gasteiger partial charge is 0.336 e. The van der Waals surface area contributed by atoms with E-state index in [1.807, 2.05) is 19.1 Å².